The van der Waals surface area contributed by atoms with Crippen LogP contribution in [0.1, 0.15) is 16.1 Å². The number of hydrogen-bond acceptors (Lipinski definition) is 4. The van der Waals surface area contributed by atoms with Crippen molar-refractivity contribution in [2.75, 3.05) is 20.2 Å². The molecule has 2 atom stereocenters. The number of likely N-dealkylation sites (tertiary alicyclic amines) is 1. The molecule has 7 heteroatoms. The minimum Gasteiger partial charge on any atom is -0.481 e. The zero-order valence-electron chi connectivity index (χ0n) is 10.3. The Bertz CT molecular complexity index is 490. The number of carboxylic acid groups (broad SMARTS) is 1. The molecular formula is C12H14ClNO4S. The Hall–Kier alpha value is -1.11. The molecule has 1 aliphatic heterocycles. The fourth-order valence-electron chi connectivity index (χ4n) is 2.22. The van der Waals surface area contributed by atoms with Crippen molar-refractivity contribution in [2.24, 2.45) is 5.92 Å². The van der Waals surface area contributed by atoms with Crippen molar-refractivity contribution >= 4 is 34.8 Å². The second-order valence-corrected chi connectivity index (χ2v) is 6.08. The van der Waals surface area contributed by atoms with Crippen LogP contribution in [0.5, 0.6) is 0 Å². The number of thiophene rings is 1. The highest BCUT2D eigenvalue weighted by Gasteiger charge is 2.36. The molecular weight excluding hydrogens is 290 g/mol. The summed E-state index contributed by atoms with van der Waals surface area (Å²) >= 11 is 7.00. The normalized spacial score (nSPS) is 23.4. The van der Waals surface area contributed by atoms with Crippen LogP contribution in [0.4, 0.5) is 0 Å². The molecule has 5 nitrogen and oxygen atoms in total. The quantitative estimate of drug-likeness (QED) is 0.927. The Labute approximate surface area is 119 Å². The summed E-state index contributed by atoms with van der Waals surface area (Å²) < 4.78 is 5.71. The van der Waals surface area contributed by atoms with E-state index in [0.717, 1.165) is 0 Å². The molecule has 1 saturated heterocycles. The number of ether oxygens (including phenoxy) is 1. The maximum absolute atomic E-state index is 12.2. The van der Waals surface area contributed by atoms with Crippen molar-refractivity contribution in [2.45, 2.75) is 12.5 Å². The molecule has 2 unspecified atom stereocenters. The van der Waals surface area contributed by atoms with E-state index in [0.29, 0.717) is 22.2 Å². The van der Waals surface area contributed by atoms with E-state index < -0.39 is 11.9 Å². The predicted octanol–water partition coefficient (Wildman–Crippen LogP) is 1.96. The molecule has 104 valence electrons. The first-order valence-corrected chi connectivity index (χ1v) is 7.02. The van der Waals surface area contributed by atoms with Crippen molar-refractivity contribution in [1.29, 1.82) is 0 Å². The van der Waals surface area contributed by atoms with Crippen LogP contribution < -0.4 is 0 Å². The molecule has 0 radical (unpaired) electrons. The number of nitrogens with zero attached hydrogens (tertiary/aromatic N) is 1. The number of carbonyl (C=O) groups excluding carboxylic acids is 1. The van der Waals surface area contributed by atoms with E-state index in [-0.39, 0.29) is 18.6 Å². The van der Waals surface area contributed by atoms with Gasteiger partial charge in [-0.1, -0.05) is 11.6 Å². The van der Waals surface area contributed by atoms with Gasteiger partial charge in [-0.2, -0.15) is 0 Å². The van der Waals surface area contributed by atoms with Gasteiger partial charge in [0.25, 0.3) is 5.91 Å². The minimum atomic E-state index is -0.937. The van der Waals surface area contributed by atoms with Gasteiger partial charge in [0.1, 0.15) is 5.92 Å². The van der Waals surface area contributed by atoms with Gasteiger partial charge in [-0.05, 0) is 18.6 Å². The summed E-state index contributed by atoms with van der Waals surface area (Å²) in [6.07, 6.45) is 0.187. The van der Waals surface area contributed by atoms with Gasteiger partial charge in [0.15, 0.2) is 0 Å². The fraction of sp³-hybridized carbons (Fsp3) is 0.500. The van der Waals surface area contributed by atoms with Crippen molar-refractivity contribution in [3.05, 3.63) is 21.3 Å². The summed E-state index contributed by atoms with van der Waals surface area (Å²) in [6, 6.07) is 3.32. The fourth-order valence-corrected chi connectivity index (χ4v) is 3.23. The molecule has 0 saturated carbocycles. The molecule has 0 spiro atoms. The third-order valence-electron chi connectivity index (χ3n) is 3.24. The first-order chi connectivity index (χ1) is 9.02. The Morgan fingerprint density at radius 1 is 1.53 bits per heavy atom. The molecule has 1 fully saturated rings. The Morgan fingerprint density at radius 3 is 2.79 bits per heavy atom. The van der Waals surface area contributed by atoms with Crippen molar-refractivity contribution in [1.82, 2.24) is 4.90 Å². The summed E-state index contributed by atoms with van der Waals surface area (Å²) in [7, 11) is 1.50. The van der Waals surface area contributed by atoms with Crippen LogP contribution in [0.15, 0.2) is 12.1 Å². The summed E-state index contributed by atoms with van der Waals surface area (Å²) in [4.78, 5) is 25.5. The van der Waals surface area contributed by atoms with Gasteiger partial charge < -0.3 is 14.7 Å². The van der Waals surface area contributed by atoms with E-state index in [1.54, 1.807) is 17.0 Å². The standard InChI is InChI=1S/C12H14ClNO4S/c1-18-8-4-5-14(6-7(8)12(16)17)11(15)9-2-3-10(13)19-9/h2-3,7-8H,4-6H2,1H3,(H,16,17). The lowest BCUT2D eigenvalue weighted by molar-refractivity contribution is -0.149. The summed E-state index contributed by atoms with van der Waals surface area (Å²) in [5.41, 5.74) is 0. The lowest BCUT2D eigenvalue weighted by Crippen LogP contribution is -2.49. The Morgan fingerprint density at radius 2 is 2.26 bits per heavy atom. The highest BCUT2D eigenvalue weighted by atomic mass is 35.5. The van der Waals surface area contributed by atoms with E-state index >= 15 is 0 Å². The van der Waals surface area contributed by atoms with Crippen molar-refractivity contribution < 1.29 is 19.4 Å². The van der Waals surface area contributed by atoms with Crippen LogP contribution in [0.3, 0.4) is 0 Å². The van der Waals surface area contributed by atoms with Crippen LogP contribution in [0.2, 0.25) is 4.34 Å². The number of hydrogen-bond donors (Lipinski definition) is 1. The highest BCUT2D eigenvalue weighted by molar-refractivity contribution is 7.17. The number of piperidine rings is 1. The molecule has 1 N–H and O–H groups in total. The summed E-state index contributed by atoms with van der Waals surface area (Å²) in [5, 5.41) is 9.18. The van der Waals surface area contributed by atoms with Crippen LogP contribution >= 0.6 is 22.9 Å². The van der Waals surface area contributed by atoms with Gasteiger partial charge >= 0.3 is 5.97 Å². The zero-order valence-corrected chi connectivity index (χ0v) is 11.9. The van der Waals surface area contributed by atoms with Crippen molar-refractivity contribution in [3.8, 4) is 0 Å². The maximum Gasteiger partial charge on any atom is 0.310 e. The molecule has 2 heterocycles. The van der Waals surface area contributed by atoms with Gasteiger partial charge in [-0.15, -0.1) is 11.3 Å². The number of rotatable bonds is 3. The Kier molecular flexibility index (Phi) is 4.44. The minimum absolute atomic E-state index is 0.169. The third kappa shape index (κ3) is 3.08. The average molecular weight is 304 g/mol. The molecule has 1 aromatic heterocycles. The molecule has 0 bridgehead atoms. The van der Waals surface area contributed by atoms with E-state index in [1.807, 2.05) is 0 Å². The van der Waals surface area contributed by atoms with Crippen LogP contribution in [0.25, 0.3) is 0 Å². The smallest absolute Gasteiger partial charge is 0.310 e. The SMILES string of the molecule is COC1CCN(C(=O)c2ccc(Cl)s2)CC1C(=O)O. The van der Waals surface area contributed by atoms with E-state index in [9.17, 15) is 14.7 Å². The van der Waals surface area contributed by atoms with Crippen LogP contribution in [-0.4, -0.2) is 48.2 Å². The number of aliphatic carboxylic acids is 1. The highest BCUT2D eigenvalue weighted by Crippen LogP contribution is 2.26. The monoisotopic (exact) mass is 303 g/mol. The molecule has 0 aromatic carbocycles. The van der Waals surface area contributed by atoms with E-state index in [4.69, 9.17) is 16.3 Å². The second-order valence-electron chi connectivity index (χ2n) is 4.36. The number of carboxylic acids is 1. The predicted molar refractivity (Wildman–Crippen MR) is 71.8 cm³/mol. The zero-order chi connectivity index (χ0) is 14.0. The average Bonchev–Trinajstić information content (AvgIpc) is 2.83. The molecule has 19 heavy (non-hydrogen) atoms. The van der Waals surface area contributed by atoms with Crippen LogP contribution in [0, 0.1) is 5.92 Å². The largest absolute Gasteiger partial charge is 0.481 e. The molecule has 1 aromatic rings. The van der Waals surface area contributed by atoms with Gasteiger partial charge in [0, 0.05) is 20.2 Å². The summed E-state index contributed by atoms with van der Waals surface area (Å²) in [5.74, 6) is -1.79. The van der Waals surface area contributed by atoms with E-state index in [1.165, 1.54) is 18.4 Å². The van der Waals surface area contributed by atoms with Gasteiger partial charge in [0.05, 0.1) is 15.3 Å². The second kappa shape index (κ2) is 5.90. The van der Waals surface area contributed by atoms with Gasteiger partial charge in [-0.25, -0.2) is 0 Å². The molecule has 2 rings (SSSR count). The molecule has 1 amide bonds. The third-order valence-corrected chi connectivity index (χ3v) is 4.46. The van der Waals surface area contributed by atoms with E-state index in [2.05, 4.69) is 0 Å². The first kappa shape index (κ1) is 14.3. The lowest BCUT2D eigenvalue weighted by Gasteiger charge is -2.35. The number of amides is 1. The maximum atomic E-state index is 12.2. The van der Waals surface area contributed by atoms with Gasteiger partial charge in [-0.3, -0.25) is 9.59 Å². The lowest BCUT2D eigenvalue weighted by atomic mass is 9.94. The first-order valence-electron chi connectivity index (χ1n) is 5.83. The molecule has 0 aliphatic carbocycles. The van der Waals surface area contributed by atoms with Crippen LogP contribution in [-0.2, 0) is 9.53 Å². The van der Waals surface area contributed by atoms with Gasteiger partial charge in [0.2, 0.25) is 0 Å². The Balaban J connectivity index is 2.10. The topological polar surface area (TPSA) is 66.8 Å². The molecule has 1 aliphatic rings. The summed E-state index contributed by atoms with van der Waals surface area (Å²) in [6.45, 7) is 0.666. The number of carbonyl (C=O) groups is 2. The number of halogens is 1. The van der Waals surface area contributed by atoms with Crippen molar-refractivity contribution in [3.63, 3.8) is 0 Å². The number of methoxy groups -OCH3 is 1.